The standard InChI is InChI=1S/C13H12N2O6/c1-7(13(17)18)21-11-6-8-5-9(15(19)20)3-4-10(8)14(2)12(11)16/h3-7H,1-2H3,(H,17,18)/t7-/m1/s1. The van der Waals surface area contributed by atoms with Crippen molar-refractivity contribution in [3.05, 3.63) is 44.7 Å². The zero-order valence-electron chi connectivity index (χ0n) is 11.3. The highest BCUT2D eigenvalue weighted by Crippen LogP contribution is 2.22. The van der Waals surface area contributed by atoms with Crippen molar-refractivity contribution < 1.29 is 19.6 Å². The minimum atomic E-state index is -1.21. The SMILES string of the molecule is C[C@@H](Oc1cc2cc([N+](=O)[O-])ccc2n(C)c1=O)C(=O)O. The summed E-state index contributed by atoms with van der Waals surface area (Å²) in [5.74, 6) is -1.38. The maximum Gasteiger partial charge on any atom is 0.344 e. The van der Waals surface area contributed by atoms with E-state index in [0.717, 1.165) is 0 Å². The van der Waals surface area contributed by atoms with Crippen LogP contribution in [0.3, 0.4) is 0 Å². The summed E-state index contributed by atoms with van der Waals surface area (Å²) in [7, 11) is 1.48. The van der Waals surface area contributed by atoms with E-state index in [1.807, 2.05) is 0 Å². The number of pyridine rings is 1. The second kappa shape index (κ2) is 5.23. The molecule has 0 aliphatic carbocycles. The van der Waals surface area contributed by atoms with Crippen molar-refractivity contribution in [1.82, 2.24) is 4.57 Å². The molecular weight excluding hydrogens is 280 g/mol. The van der Waals surface area contributed by atoms with Crippen LogP contribution in [-0.4, -0.2) is 26.7 Å². The lowest BCUT2D eigenvalue weighted by atomic mass is 10.2. The predicted octanol–water partition coefficient (Wildman–Crippen LogP) is 1.30. The second-order valence-electron chi connectivity index (χ2n) is 4.47. The van der Waals surface area contributed by atoms with Crippen molar-refractivity contribution in [3.8, 4) is 5.75 Å². The number of hydrogen-bond acceptors (Lipinski definition) is 5. The number of rotatable bonds is 4. The maximum absolute atomic E-state index is 12.1. The highest BCUT2D eigenvalue weighted by atomic mass is 16.6. The summed E-state index contributed by atoms with van der Waals surface area (Å²) in [6.07, 6.45) is -1.20. The van der Waals surface area contributed by atoms with E-state index in [-0.39, 0.29) is 11.4 Å². The molecule has 8 nitrogen and oxygen atoms in total. The summed E-state index contributed by atoms with van der Waals surface area (Å²) in [6, 6.07) is 5.36. The lowest BCUT2D eigenvalue weighted by Gasteiger charge is -2.12. The number of carbonyl (C=O) groups is 1. The monoisotopic (exact) mass is 292 g/mol. The fraction of sp³-hybridized carbons (Fsp3) is 0.231. The molecule has 0 saturated carbocycles. The second-order valence-corrected chi connectivity index (χ2v) is 4.47. The first-order valence-electron chi connectivity index (χ1n) is 5.99. The smallest absolute Gasteiger partial charge is 0.344 e. The molecular formula is C13H12N2O6. The van der Waals surface area contributed by atoms with Crippen LogP contribution in [0.2, 0.25) is 0 Å². The molecule has 0 amide bonds. The molecule has 2 rings (SSSR count). The zero-order valence-corrected chi connectivity index (χ0v) is 11.3. The molecule has 0 aliphatic heterocycles. The van der Waals surface area contributed by atoms with Crippen molar-refractivity contribution in [2.75, 3.05) is 0 Å². The number of ether oxygens (including phenoxy) is 1. The summed E-state index contributed by atoms with van der Waals surface area (Å²) in [6.45, 7) is 1.29. The van der Waals surface area contributed by atoms with Crippen molar-refractivity contribution in [2.24, 2.45) is 7.05 Å². The van der Waals surface area contributed by atoms with Gasteiger partial charge in [0.05, 0.1) is 10.4 Å². The first-order valence-corrected chi connectivity index (χ1v) is 5.99. The van der Waals surface area contributed by atoms with Crippen LogP contribution in [0.5, 0.6) is 5.75 Å². The molecule has 0 aliphatic rings. The Balaban J connectivity index is 2.62. The van der Waals surface area contributed by atoms with Crippen LogP contribution in [-0.2, 0) is 11.8 Å². The van der Waals surface area contributed by atoms with E-state index in [1.165, 1.54) is 42.8 Å². The molecule has 0 bridgehead atoms. The number of aliphatic carboxylic acids is 1. The Morgan fingerprint density at radius 3 is 2.67 bits per heavy atom. The normalized spacial score (nSPS) is 12.1. The number of nitrogens with zero attached hydrogens (tertiary/aromatic N) is 2. The Bertz CT molecular complexity index is 795. The van der Waals surface area contributed by atoms with Crippen LogP contribution in [0.25, 0.3) is 10.9 Å². The van der Waals surface area contributed by atoms with Gasteiger partial charge in [-0.2, -0.15) is 0 Å². The number of non-ortho nitro benzene ring substituents is 1. The van der Waals surface area contributed by atoms with Crippen LogP contribution in [0, 0.1) is 10.1 Å². The minimum Gasteiger partial charge on any atom is -0.479 e. The molecule has 1 atom stereocenters. The number of benzene rings is 1. The summed E-state index contributed by atoms with van der Waals surface area (Å²) < 4.78 is 6.35. The minimum absolute atomic E-state index is 0.126. The summed E-state index contributed by atoms with van der Waals surface area (Å²) >= 11 is 0. The van der Waals surface area contributed by atoms with Gasteiger partial charge >= 0.3 is 5.97 Å². The highest BCUT2D eigenvalue weighted by molar-refractivity contribution is 5.83. The van der Waals surface area contributed by atoms with E-state index in [2.05, 4.69) is 0 Å². The Morgan fingerprint density at radius 2 is 2.10 bits per heavy atom. The van der Waals surface area contributed by atoms with E-state index < -0.39 is 22.6 Å². The number of aromatic nitrogens is 1. The molecule has 2 aromatic rings. The van der Waals surface area contributed by atoms with E-state index in [0.29, 0.717) is 10.9 Å². The first kappa shape index (κ1) is 14.5. The van der Waals surface area contributed by atoms with Gasteiger partial charge in [-0.3, -0.25) is 14.9 Å². The number of nitro groups is 1. The molecule has 0 spiro atoms. The molecule has 21 heavy (non-hydrogen) atoms. The molecule has 0 saturated heterocycles. The average molecular weight is 292 g/mol. The van der Waals surface area contributed by atoms with Gasteiger partial charge in [-0.1, -0.05) is 0 Å². The van der Waals surface area contributed by atoms with Crippen LogP contribution in [0.15, 0.2) is 29.1 Å². The third-order valence-corrected chi connectivity index (χ3v) is 3.04. The first-order chi connectivity index (χ1) is 9.81. The van der Waals surface area contributed by atoms with Gasteiger partial charge in [0.15, 0.2) is 11.9 Å². The molecule has 0 unspecified atom stereocenters. The maximum atomic E-state index is 12.1. The summed E-state index contributed by atoms with van der Waals surface area (Å²) in [5.41, 5.74) is -0.149. The van der Waals surface area contributed by atoms with Gasteiger partial charge in [0.25, 0.3) is 11.2 Å². The molecule has 1 aromatic heterocycles. The molecule has 1 heterocycles. The Labute approximate surface area is 118 Å². The van der Waals surface area contributed by atoms with E-state index in [1.54, 1.807) is 0 Å². The molecule has 0 fully saturated rings. The van der Waals surface area contributed by atoms with Crippen LogP contribution in [0.4, 0.5) is 5.69 Å². The van der Waals surface area contributed by atoms with Crippen molar-refractivity contribution in [2.45, 2.75) is 13.0 Å². The van der Waals surface area contributed by atoms with E-state index in [4.69, 9.17) is 9.84 Å². The number of carboxylic acids is 1. The van der Waals surface area contributed by atoms with Crippen molar-refractivity contribution >= 4 is 22.6 Å². The van der Waals surface area contributed by atoms with Crippen LogP contribution < -0.4 is 10.3 Å². The topological polar surface area (TPSA) is 112 Å². The third-order valence-electron chi connectivity index (χ3n) is 3.04. The lowest BCUT2D eigenvalue weighted by molar-refractivity contribution is -0.384. The largest absolute Gasteiger partial charge is 0.479 e. The Kier molecular flexibility index (Phi) is 3.62. The quantitative estimate of drug-likeness (QED) is 0.671. The fourth-order valence-electron chi connectivity index (χ4n) is 1.88. The van der Waals surface area contributed by atoms with Gasteiger partial charge in [0.1, 0.15) is 0 Å². The van der Waals surface area contributed by atoms with Crippen LogP contribution in [0.1, 0.15) is 6.92 Å². The number of fused-ring (bicyclic) bond motifs is 1. The van der Waals surface area contributed by atoms with Gasteiger partial charge in [-0.25, -0.2) is 4.79 Å². The Morgan fingerprint density at radius 1 is 1.43 bits per heavy atom. The van der Waals surface area contributed by atoms with Gasteiger partial charge < -0.3 is 14.4 Å². The average Bonchev–Trinajstić information content (AvgIpc) is 2.43. The van der Waals surface area contributed by atoms with Crippen molar-refractivity contribution in [1.29, 1.82) is 0 Å². The highest BCUT2D eigenvalue weighted by Gasteiger charge is 2.17. The molecule has 1 aromatic carbocycles. The molecule has 1 N–H and O–H groups in total. The summed E-state index contributed by atoms with van der Waals surface area (Å²) in [4.78, 5) is 33.1. The summed E-state index contributed by atoms with van der Waals surface area (Å²) in [5, 5.41) is 20.0. The number of carboxylic acid groups (broad SMARTS) is 1. The van der Waals surface area contributed by atoms with Crippen molar-refractivity contribution in [3.63, 3.8) is 0 Å². The van der Waals surface area contributed by atoms with Gasteiger partial charge in [-0.15, -0.1) is 0 Å². The number of aryl methyl sites for hydroxylation is 1. The van der Waals surface area contributed by atoms with Gasteiger partial charge in [0.2, 0.25) is 0 Å². The molecule has 110 valence electrons. The Hall–Kier alpha value is -2.90. The lowest BCUT2D eigenvalue weighted by Crippen LogP contribution is -2.28. The zero-order chi connectivity index (χ0) is 15.7. The van der Waals surface area contributed by atoms with E-state index >= 15 is 0 Å². The third kappa shape index (κ3) is 2.69. The molecule has 0 radical (unpaired) electrons. The number of hydrogen-bond donors (Lipinski definition) is 1. The number of nitro benzene ring substituents is 1. The van der Waals surface area contributed by atoms with Crippen LogP contribution >= 0.6 is 0 Å². The molecule has 8 heteroatoms. The van der Waals surface area contributed by atoms with Gasteiger partial charge in [0, 0.05) is 24.6 Å². The predicted molar refractivity (Wildman–Crippen MR) is 73.6 cm³/mol. The van der Waals surface area contributed by atoms with E-state index in [9.17, 15) is 19.7 Å². The fourth-order valence-corrected chi connectivity index (χ4v) is 1.88. The van der Waals surface area contributed by atoms with Gasteiger partial charge in [-0.05, 0) is 19.1 Å².